The van der Waals surface area contributed by atoms with Crippen LogP contribution < -0.4 is 10.1 Å². The summed E-state index contributed by atoms with van der Waals surface area (Å²) in [4.78, 5) is 23.5. The van der Waals surface area contributed by atoms with E-state index in [1.165, 1.54) is 0 Å². The van der Waals surface area contributed by atoms with Gasteiger partial charge in [-0.3, -0.25) is 4.79 Å². The molecule has 0 spiro atoms. The Bertz CT molecular complexity index is 504. The number of aliphatic carboxylic acids is 1. The Morgan fingerprint density at radius 2 is 1.86 bits per heavy atom. The first-order valence-electron chi connectivity index (χ1n) is 7.32. The molecule has 1 saturated carbocycles. The molecule has 2 rings (SSSR count). The molecular formula is C16H21NO4. The maximum atomic E-state index is 12.1. The molecule has 114 valence electrons. The van der Waals surface area contributed by atoms with Gasteiger partial charge in [0.1, 0.15) is 11.3 Å². The lowest BCUT2D eigenvalue weighted by molar-refractivity contribution is -0.147. The van der Waals surface area contributed by atoms with Crippen molar-refractivity contribution in [3.63, 3.8) is 0 Å². The van der Waals surface area contributed by atoms with Crippen LogP contribution in [0.4, 0.5) is 0 Å². The highest BCUT2D eigenvalue weighted by atomic mass is 16.5. The van der Waals surface area contributed by atoms with Crippen molar-refractivity contribution in [1.82, 2.24) is 5.32 Å². The van der Waals surface area contributed by atoms with Gasteiger partial charge in [-0.1, -0.05) is 25.0 Å². The molecule has 2 N–H and O–H groups in total. The maximum Gasteiger partial charge on any atom is 0.329 e. The number of hydrogen-bond acceptors (Lipinski definition) is 3. The van der Waals surface area contributed by atoms with Crippen LogP contribution >= 0.6 is 0 Å². The van der Waals surface area contributed by atoms with Crippen LogP contribution in [0.15, 0.2) is 24.3 Å². The Labute approximate surface area is 124 Å². The van der Waals surface area contributed by atoms with Crippen LogP contribution in [-0.4, -0.2) is 29.1 Å². The summed E-state index contributed by atoms with van der Waals surface area (Å²) in [6.45, 7) is 2.51. The Kier molecular flexibility index (Phi) is 4.83. The number of carboxylic acid groups (broad SMARTS) is 1. The summed E-state index contributed by atoms with van der Waals surface area (Å²) in [7, 11) is 0. The molecule has 0 radical (unpaired) electrons. The Morgan fingerprint density at radius 3 is 2.38 bits per heavy atom. The summed E-state index contributed by atoms with van der Waals surface area (Å²) in [6, 6.07) is 7.28. The number of amides is 1. The second-order valence-corrected chi connectivity index (χ2v) is 5.40. The lowest BCUT2D eigenvalue weighted by Gasteiger charge is -2.25. The second-order valence-electron chi connectivity index (χ2n) is 5.40. The van der Waals surface area contributed by atoms with Gasteiger partial charge in [0.25, 0.3) is 0 Å². The second kappa shape index (κ2) is 6.61. The molecule has 1 aliphatic carbocycles. The molecule has 1 aromatic rings. The minimum absolute atomic E-state index is 0.182. The first-order valence-corrected chi connectivity index (χ1v) is 7.32. The summed E-state index contributed by atoms with van der Waals surface area (Å²) >= 11 is 0. The third-order valence-electron chi connectivity index (χ3n) is 3.84. The van der Waals surface area contributed by atoms with Gasteiger partial charge >= 0.3 is 5.97 Å². The highest BCUT2D eigenvalue weighted by Gasteiger charge is 2.42. The van der Waals surface area contributed by atoms with Crippen molar-refractivity contribution >= 4 is 11.9 Å². The molecule has 21 heavy (non-hydrogen) atoms. The Hall–Kier alpha value is -2.04. The first kappa shape index (κ1) is 15.4. The zero-order valence-corrected chi connectivity index (χ0v) is 12.2. The van der Waals surface area contributed by atoms with Crippen LogP contribution in [0.25, 0.3) is 0 Å². The lowest BCUT2D eigenvalue weighted by Crippen LogP contribution is -2.52. The fourth-order valence-corrected chi connectivity index (χ4v) is 2.74. The van der Waals surface area contributed by atoms with E-state index in [1.807, 2.05) is 31.2 Å². The van der Waals surface area contributed by atoms with Crippen molar-refractivity contribution < 1.29 is 19.4 Å². The number of carboxylic acids is 1. The van der Waals surface area contributed by atoms with Crippen molar-refractivity contribution in [2.24, 2.45) is 0 Å². The van der Waals surface area contributed by atoms with Crippen LogP contribution in [0.2, 0.25) is 0 Å². The topological polar surface area (TPSA) is 75.6 Å². The van der Waals surface area contributed by atoms with Gasteiger partial charge in [0.2, 0.25) is 5.91 Å². The van der Waals surface area contributed by atoms with Gasteiger partial charge in [0, 0.05) is 0 Å². The third-order valence-corrected chi connectivity index (χ3v) is 3.84. The number of rotatable bonds is 6. The van der Waals surface area contributed by atoms with Crippen molar-refractivity contribution in [2.75, 3.05) is 6.61 Å². The van der Waals surface area contributed by atoms with E-state index in [0.29, 0.717) is 19.4 Å². The van der Waals surface area contributed by atoms with E-state index >= 15 is 0 Å². The predicted octanol–water partition coefficient (Wildman–Crippen LogP) is 2.14. The van der Waals surface area contributed by atoms with E-state index in [9.17, 15) is 14.7 Å². The number of ether oxygens (including phenoxy) is 1. The molecule has 0 heterocycles. The zero-order valence-electron chi connectivity index (χ0n) is 12.2. The lowest BCUT2D eigenvalue weighted by atomic mass is 9.97. The Balaban J connectivity index is 1.96. The van der Waals surface area contributed by atoms with E-state index < -0.39 is 11.5 Å². The van der Waals surface area contributed by atoms with Gasteiger partial charge in [-0.15, -0.1) is 0 Å². The monoisotopic (exact) mass is 291 g/mol. The predicted molar refractivity (Wildman–Crippen MR) is 78.3 cm³/mol. The van der Waals surface area contributed by atoms with Crippen LogP contribution in [0.1, 0.15) is 38.2 Å². The Morgan fingerprint density at radius 1 is 1.24 bits per heavy atom. The van der Waals surface area contributed by atoms with Crippen LogP contribution in [0.3, 0.4) is 0 Å². The highest BCUT2D eigenvalue weighted by molar-refractivity contribution is 5.88. The largest absolute Gasteiger partial charge is 0.494 e. The number of carbonyl (C=O) groups is 2. The van der Waals surface area contributed by atoms with Gasteiger partial charge in [0.05, 0.1) is 13.0 Å². The standard InChI is InChI=1S/C16H21NO4/c1-2-21-13-7-5-12(6-8-13)11-14(18)17-16(15(19)20)9-3-4-10-16/h5-8H,2-4,9-11H2,1H3,(H,17,18)(H,19,20). The van der Waals surface area contributed by atoms with Crippen LogP contribution in [-0.2, 0) is 16.0 Å². The average Bonchev–Trinajstić information content (AvgIpc) is 2.91. The van der Waals surface area contributed by atoms with E-state index in [1.54, 1.807) is 0 Å². The summed E-state index contributed by atoms with van der Waals surface area (Å²) in [5.74, 6) is -0.414. The van der Waals surface area contributed by atoms with E-state index in [-0.39, 0.29) is 12.3 Å². The van der Waals surface area contributed by atoms with Crippen LogP contribution in [0, 0.1) is 0 Å². The molecule has 0 aromatic heterocycles. The average molecular weight is 291 g/mol. The molecular weight excluding hydrogens is 270 g/mol. The normalized spacial score (nSPS) is 16.4. The van der Waals surface area contributed by atoms with Gasteiger partial charge in [-0.25, -0.2) is 4.79 Å². The summed E-state index contributed by atoms with van der Waals surface area (Å²) < 4.78 is 5.34. The first-order chi connectivity index (χ1) is 10.1. The van der Waals surface area contributed by atoms with Gasteiger partial charge < -0.3 is 15.2 Å². The molecule has 5 nitrogen and oxygen atoms in total. The summed E-state index contributed by atoms with van der Waals surface area (Å²) in [6.07, 6.45) is 2.89. The SMILES string of the molecule is CCOc1ccc(CC(=O)NC2(C(=O)O)CCCC2)cc1. The minimum Gasteiger partial charge on any atom is -0.494 e. The van der Waals surface area contributed by atoms with Crippen molar-refractivity contribution in [1.29, 1.82) is 0 Å². The molecule has 1 aliphatic rings. The van der Waals surface area contributed by atoms with Crippen molar-refractivity contribution in [2.45, 2.75) is 44.6 Å². The summed E-state index contributed by atoms with van der Waals surface area (Å²) in [5.41, 5.74) is -0.225. The zero-order chi connectivity index (χ0) is 15.3. The molecule has 5 heteroatoms. The molecule has 0 saturated heterocycles. The molecule has 1 aromatic carbocycles. The number of nitrogens with one attached hydrogen (secondary N) is 1. The smallest absolute Gasteiger partial charge is 0.329 e. The van der Waals surface area contributed by atoms with Crippen molar-refractivity contribution in [3.05, 3.63) is 29.8 Å². The minimum atomic E-state index is -1.07. The van der Waals surface area contributed by atoms with Gasteiger partial charge in [-0.2, -0.15) is 0 Å². The molecule has 1 amide bonds. The maximum absolute atomic E-state index is 12.1. The fraction of sp³-hybridized carbons (Fsp3) is 0.500. The van der Waals surface area contributed by atoms with Gasteiger partial charge in [0.15, 0.2) is 0 Å². The quantitative estimate of drug-likeness (QED) is 0.842. The van der Waals surface area contributed by atoms with E-state index in [0.717, 1.165) is 24.2 Å². The molecule has 1 fully saturated rings. The van der Waals surface area contributed by atoms with E-state index in [4.69, 9.17) is 4.74 Å². The van der Waals surface area contributed by atoms with Crippen molar-refractivity contribution in [3.8, 4) is 5.75 Å². The van der Waals surface area contributed by atoms with Gasteiger partial charge in [-0.05, 0) is 37.5 Å². The molecule has 0 aliphatic heterocycles. The summed E-state index contributed by atoms with van der Waals surface area (Å²) in [5, 5.41) is 12.1. The molecule has 0 unspecified atom stereocenters. The van der Waals surface area contributed by atoms with Crippen LogP contribution in [0.5, 0.6) is 5.75 Å². The molecule has 0 bridgehead atoms. The third kappa shape index (κ3) is 3.74. The number of hydrogen-bond donors (Lipinski definition) is 2. The number of carbonyl (C=O) groups excluding carboxylic acids is 1. The fourth-order valence-electron chi connectivity index (χ4n) is 2.74. The molecule has 0 atom stereocenters. The number of benzene rings is 1. The highest BCUT2D eigenvalue weighted by Crippen LogP contribution is 2.30. The van der Waals surface area contributed by atoms with E-state index in [2.05, 4.69) is 5.32 Å².